The fraction of sp³-hybridized carbons (Fsp3) is 0.133. The number of nitro groups is 1. The molecule has 0 radical (unpaired) electrons. The predicted molar refractivity (Wildman–Crippen MR) is 92.0 cm³/mol. The van der Waals surface area contributed by atoms with Crippen molar-refractivity contribution in [2.24, 2.45) is 4.40 Å². The Morgan fingerprint density at radius 2 is 1.79 bits per heavy atom. The van der Waals surface area contributed by atoms with Crippen molar-refractivity contribution in [3.8, 4) is 0 Å². The lowest BCUT2D eigenvalue weighted by atomic mass is 10.2. The van der Waals surface area contributed by atoms with Gasteiger partial charge in [0.25, 0.3) is 15.7 Å². The van der Waals surface area contributed by atoms with Gasteiger partial charge in [0.15, 0.2) is 0 Å². The van der Waals surface area contributed by atoms with Crippen LogP contribution in [0, 0.1) is 10.1 Å². The summed E-state index contributed by atoms with van der Waals surface area (Å²) < 4.78 is 29.0. The molecule has 0 aliphatic carbocycles. The minimum atomic E-state index is -4.23. The molecule has 2 aromatic rings. The fourth-order valence-electron chi connectivity index (χ4n) is 1.95. The van der Waals surface area contributed by atoms with Crippen LogP contribution >= 0.6 is 11.6 Å². The molecule has 24 heavy (non-hydrogen) atoms. The minimum Gasteiger partial charge on any atom is -0.362 e. The first kappa shape index (κ1) is 17.9. The summed E-state index contributed by atoms with van der Waals surface area (Å²) in [7, 11) is -0.931. The second-order valence-corrected chi connectivity index (χ2v) is 7.00. The van der Waals surface area contributed by atoms with E-state index in [1.807, 2.05) is 0 Å². The lowest BCUT2D eigenvalue weighted by molar-refractivity contribution is -0.385. The van der Waals surface area contributed by atoms with Gasteiger partial charge in [0.05, 0.1) is 9.95 Å². The highest BCUT2D eigenvalue weighted by Crippen LogP contribution is 2.28. The maximum atomic E-state index is 12.6. The van der Waals surface area contributed by atoms with Crippen molar-refractivity contribution in [2.75, 3.05) is 14.1 Å². The number of hydrogen-bond donors (Lipinski definition) is 0. The van der Waals surface area contributed by atoms with E-state index in [0.29, 0.717) is 5.56 Å². The summed E-state index contributed by atoms with van der Waals surface area (Å²) >= 11 is 5.91. The minimum absolute atomic E-state index is 0.129. The molecular formula is C15H14ClN3O4S. The molecule has 0 aliphatic rings. The van der Waals surface area contributed by atoms with Crippen LogP contribution in [0.2, 0.25) is 5.02 Å². The molecule has 0 heterocycles. The zero-order valence-electron chi connectivity index (χ0n) is 12.9. The van der Waals surface area contributed by atoms with Crippen molar-refractivity contribution in [1.29, 1.82) is 0 Å². The Bertz CT molecular complexity index is 896. The normalized spacial score (nSPS) is 12.0. The Morgan fingerprint density at radius 3 is 2.33 bits per heavy atom. The van der Waals surface area contributed by atoms with E-state index >= 15 is 0 Å². The smallest absolute Gasteiger partial charge is 0.286 e. The lowest BCUT2D eigenvalue weighted by Crippen LogP contribution is -2.24. The van der Waals surface area contributed by atoms with Gasteiger partial charge in [-0.3, -0.25) is 10.1 Å². The number of amidine groups is 1. The number of hydrogen-bond acceptors (Lipinski definition) is 4. The Kier molecular flexibility index (Phi) is 5.20. The Morgan fingerprint density at radius 1 is 1.17 bits per heavy atom. The molecule has 0 aliphatic heterocycles. The SMILES string of the molecule is CN(C)C(=NS(=O)(=O)c1cc([N+](=O)[O-])ccc1Cl)c1ccccc1. The fourth-order valence-corrected chi connectivity index (χ4v) is 3.53. The Hall–Kier alpha value is -2.45. The van der Waals surface area contributed by atoms with Crippen LogP contribution in [-0.4, -0.2) is 38.2 Å². The third-order valence-corrected chi connectivity index (χ3v) is 4.81. The van der Waals surface area contributed by atoms with E-state index in [9.17, 15) is 18.5 Å². The molecule has 7 nitrogen and oxygen atoms in total. The quantitative estimate of drug-likeness (QED) is 0.358. The number of halogens is 1. The summed E-state index contributed by atoms with van der Waals surface area (Å²) in [4.78, 5) is 11.3. The van der Waals surface area contributed by atoms with Crippen LogP contribution in [0.15, 0.2) is 57.8 Å². The van der Waals surface area contributed by atoms with Gasteiger partial charge in [0.2, 0.25) is 0 Å². The van der Waals surface area contributed by atoms with Gasteiger partial charge in [-0.25, -0.2) is 0 Å². The van der Waals surface area contributed by atoms with Crippen LogP contribution in [0.1, 0.15) is 5.56 Å². The van der Waals surface area contributed by atoms with Gasteiger partial charge in [-0.15, -0.1) is 4.40 Å². The van der Waals surface area contributed by atoms with Gasteiger partial charge < -0.3 is 4.90 Å². The number of rotatable bonds is 4. The average molecular weight is 368 g/mol. The summed E-state index contributed by atoms with van der Waals surface area (Å²) in [5, 5.41) is 10.7. The van der Waals surface area contributed by atoms with E-state index in [-0.39, 0.29) is 16.5 Å². The van der Waals surface area contributed by atoms with E-state index in [2.05, 4.69) is 4.40 Å². The molecule has 0 amide bonds. The van der Waals surface area contributed by atoms with Gasteiger partial charge in [-0.05, 0) is 6.07 Å². The molecular weight excluding hydrogens is 354 g/mol. The van der Waals surface area contributed by atoms with Crippen molar-refractivity contribution in [3.63, 3.8) is 0 Å². The molecule has 0 saturated carbocycles. The first-order valence-electron chi connectivity index (χ1n) is 6.74. The highest BCUT2D eigenvalue weighted by atomic mass is 35.5. The number of nitrogens with zero attached hydrogens (tertiary/aromatic N) is 3. The molecule has 126 valence electrons. The summed E-state index contributed by atoms with van der Waals surface area (Å²) in [6, 6.07) is 11.9. The standard InChI is InChI=1S/C15H14ClN3O4S/c1-18(2)15(11-6-4-3-5-7-11)17-24(22,23)14-10-12(19(20)21)8-9-13(14)16/h3-10H,1-2H3. The van der Waals surface area contributed by atoms with E-state index < -0.39 is 19.8 Å². The van der Waals surface area contributed by atoms with Crippen molar-refractivity contribution in [2.45, 2.75) is 4.90 Å². The third kappa shape index (κ3) is 3.90. The Labute approximate surface area is 144 Å². The zero-order chi connectivity index (χ0) is 17.9. The maximum Gasteiger partial charge on any atom is 0.286 e. The molecule has 0 N–H and O–H groups in total. The summed E-state index contributed by atoms with van der Waals surface area (Å²) in [5.41, 5.74) is 0.215. The Balaban J connectivity index is 2.61. The van der Waals surface area contributed by atoms with Gasteiger partial charge >= 0.3 is 0 Å². The summed E-state index contributed by atoms with van der Waals surface area (Å²) in [5.74, 6) is 0.193. The molecule has 2 aromatic carbocycles. The largest absolute Gasteiger partial charge is 0.362 e. The number of sulfonamides is 1. The van der Waals surface area contributed by atoms with E-state index in [1.54, 1.807) is 44.4 Å². The molecule has 0 bridgehead atoms. The zero-order valence-corrected chi connectivity index (χ0v) is 14.5. The van der Waals surface area contributed by atoms with Crippen LogP contribution in [0.25, 0.3) is 0 Å². The predicted octanol–water partition coefficient (Wildman–Crippen LogP) is 2.95. The van der Waals surface area contributed by atoms with E-state index in [4.69, 9.17) is 11.6 Å². The molecule has 9 heteroatoms. The van der Waals surface area contributed by atoms with Crippen molar-refractivity contribution in [3.05, 3.63) is 69.2 Å². The molecule has 0 saturated heterocycles. The number of benzene rings is 2. The highest BCUT2D eigenvalue weighted by Gasteiger charge is 2.23. The van der Waals surface area contributed by atoms with Gasteiger partial charge in [-0.1, -0.05) is 41.9 Å². The average Bonchev–Trinajstić information content (AvgIpc) is 2.53. The van der Waals surface area contributed by atoms with Gasteiger partial charge in [0, 0.05) is 31.8 Å². The molecule has 0 unspecified atom stereocenters. The first-order valence-corrected chi connectivity index (χ1v) is 8.56. The van der Waals surface area contributed by atoms with E-state index in [0.717, 1.165) is 12.1 Å². The maximum absolute atomic E-state index is 12.6. The van der Waals surface area contributed by atoms with Gasteiger partial charge in [0.1, 0.15) is 10.7 Å². The molecule has 2 rings (SSSR count). The van der Waals surface area contributed by atoms with Crippen LogP contribution in [-0.2, 0) is 10.0 Å². The third-order valence-electron chi connectivity index (χ3n) is 3.07. The van der Waals surface area contributed by atoms with Crippen LogP contribution < -0.4 is 0 Å². The van der Waals surface area contributed by atoms with Crippen molar-refractivity contribution in [1.82, 2.24) is 4.90 Å². The first-order chi connectivity index (χ1) is 11.2. The second kappa shape index (κ2) is 6.98. The highest BCUT2D eigenvalue weighted by molar-refractivity contribution is 7.90. The number of non-ortho nitro benzene ring substituents is 1. The molecule has 0 spiro atoms. The molecule has 0 fully saturated rings. The summed E-state index contributed by atoms with van der Waals surface area (Å²) in [6.07, 6.45) is 0. The topological polar surface area (TPSA) is 92.9 Å². The van der Waals surface area contributed by atoms with Crippen LogP contribution in [0.4, 0.5) is 5.69 Å². The van der Waals surface area contributed by atoms with Crippen molar-refractivity contribution < 1.29 is 13.3 Å². The molecule has 0 aromatic heterocycles. The molecule has 0 atom stereocenters. The van der Waals surface area contributed by atoms with Crippen molar-refractivity contribution >= 4 is 33.1 Å². The van der Waals surface area contributed by atoms with Gasteiger partial charge in [-0.2, -0.15) is 8.42 Å². The monoisotopic (exact) mass is 367 g/mol. The number of nitro benzene ring substituents is 1. The van der Waals surface area contributed by atoms with Crippen LogP contribution in [0.3, 0.4) is 0 Å². The van der Waals surface area contributed by atoms with Crippen LogP contribution in [0.5, 0.6) is 0 Å². The lowest BCUT2D eigenvalue weighted by Gasteiger charge is -2.16. The summed E-state index contributed by atoms with van der Waals surface area (Å²) in [6.45, 7) is 0. The second-order valence-electron chi connectivity index (χ2n) is 5.02. The van der Waals surface area contributed by atoms with E-state index in [1.165, 1.54) is 11.0 Å².